The second kappa shape index (κ2) is 3.06. The summed E-state index contributed by atoms with van der Waals surface area (Å²) in [5, 5.41) is 0. The number of halogens is 1. The average Bonchev–Trinajstić information content (AvgIpc) is 1.95. The highest BCUT2D eigenvalue weighted by Gasteiger charge is 1.99. The van der Waals surface area contributed by atoms with Crippen LogP contribution in [0.3, 0.4) is 0 Å². The van der Waals surface area contributed by atoms with E-state index in [0.717, 1.165) is 15.8 Å². The van der Waals surface area contributed by atoms with Gasteiger partial charge in [0.05, 0.1) is 7.11 Å². The molecular formula is C8H8BrO. The van der Waals surface area contributed by atoms with E-state index in [4.69, 9.17) is 4.74 Å². The number of methoxy groups -OCH3 is 1. The first-order valence-electron chi connectivity index (χ1n) is 2.96. The van der Waals surface area contributed by atoms with Gasteiger partial charge in [0, 0.05) is 10.0 Å². The van der Waals surface area contributed by atoms with Crippen LogP contribution >= 0.6 is 15.9 Å². The van der Waals surface area contributed by atoms with Crippen molar-refractivity contribution in [2.24, 2.45) is 0 Å². The third-order valence-electron chi connectivity index (χ3n) is 1.36. The molecule has 0 fully saturated rings. The molecule has 1 radical (unpaired) electrons. The molecule has 0 saturated heterocycles. The summed E-state index contributed by atoms with van der Waals surface area (Å²) in [6.45, 7) is 1.99. The number of benzene rings is 1. The molecule has 0 heterocycles. The maximum absolute atomic E-state index is 5.08. The third kappa shape index (κ3) is 1.32. The standard InChI is InChI=1S/C8H8BrO/c1-6-7(9)4-3-5-8(6)10-2/h3,5H,1-2H3. The fourth-order valence-corrected chi connectivity index (χ4v) is 1.08. The molecule has 0 spiro atoms. The van der Waals surface area contributed by atoms with E-state index in [1.165, 1.54) is 0 Å². The van der Waals surface area contributed by atoms with Gasteiger partial charge in [0.15, 0.2) is 0 Å². The molecule has 2 heteroatoms. The Bertz CT molecular complexity index is 233. The highest BCUT2D eigenvalue weighted by atomic mass is 79.9. The lowest BCUT2D eigenvalue weighted by Crippen LogP contribution is -1.86. The Morgan fingerprint density at radius 3 is 2.80 bits per heavy atom. The van der Waals surface area contributed by atoms with Crippen LogP contribution in [0.5, 0.6) is 5.75 Å². The van der Waals surface area contributed by atoms with Gasteiger partial charge in [-0.15, -0.1) is 0 Å². The van der Waals surface area contributed by atoms with Crippen LogP contribution in [0.2, 0.25) is 0 Å². The van der Waals surface area contributed by atoms with Crippen LogP contribution in [0.25, 0.3) is 0 Å². The zero-order chi connectivity index (χ0) is 7.56. The summed E-state index contributed by atoms with van der Waals surface area (Å²) < 4.78 is 6.04. The lowest BCUT2D eigenvalue weighted by molar-refractivity contribution is 0.411. The van der Waals surface area contributed by atoms with Crippen molar-refractivity contribution >= 4 is 15.9 Å². The van der Waals surface area contributed by atoms with Crippen LogP contribution in [0, 0.1) is 13.0 Å². The number of hydrogen-bond donors (Lipinski definition) is 0. The van der Waals surface area contributed by atoms with E-state index in [1.807, 2.05) is 19.1 Å². The molecule has 0 N–H and O–H groups in total. The third-order valence-corrected chi connectivity index (χ3v) is 2.19. The van der Waals surface area contributed by atoms with E-state index in [-0.39, 0.29) is 0 Å². The SMILES string of the molecule is COc1cc[c]c(Br)c1C. The van der Waals surface area contributed by atoms with Gasteiger partial charge in [-0.1, -0.05) is 0 Å². The van der Waals surface area contributed by atoms with Crippen molar-refractivity contribution in [1.29, 1.82) is 0 Å². The minimum absolute atomic E-state index is 0.894. The van der Waals surface area contributed by atoms with Gasteiger partial charge in [0.1, 0.15) is 5.75 Å². The van der Waals surface area contributed by atoms with Crippen molar-refractivity contribution < 1.29 is 4.74 Å². The maximum atomic E-state index is 5.08. The van der Waals surface area contributed by atoms with E-state index in [9.17, 15) is 0 Å². The second-order valence-electron chi connectivity index (χ2n) is 1.99. The molecule has 1 nitrogen and oxygen atoms in total. The summed E-state index contributed by atoms with van der Waals surface area (Å²) in [6, 6.07) is 6.73. The van der Waals surface area contributed by atoms with Gasteiger partial charge in [-0.3, -0.25) is 0 Å². The molecule has 0 aliphatic rings. The van der Waals surface area contributed by atoms with Crippen LogP contribution in [-0.4, -0.2) is 7.11 Å². The molecule has 0 amide bonds. The monoisotopic (exact) mass is 199 g/mol. The molecular weight excluding hydrogens is 192 g/mol. The molecule has 0 aliphatic heterocycles. The first kappa shape index (κ1) is 7.61. The van der Waals surface area contributed by atoms with Gasteiger partial charge < -0.3 is 4.74 Å². The summed E-state index contributed by atoms with van der Waals surface area (Å²) in [7, 11) is 1.66. The summed E-state index contributed by atoms with van der Waals surface area (Å²) >= 11 is 3.35. The van der Waals surface area contributed by atoms with E-state index in [2.05, 4.69) is 22.0 Å². The van der Waals surface area contributed by atoms with Gasteiger partial charge in [-0.2, -0.15) is 0 Å². The highest BCUT2D eigenvalue weighted by Crippen LogP contribution is 2.24. The molecule has 0 aliphatic carbocycles. The van der Waals surface area contributed by atoms with Crippen molar-refractivity contribution in [3.63, 3.8) is 0 Å². The molecule has 1 aromatic rings. The topological polar surface area (TPSA) is 9.23 Å². The van der Waals surface area contributed by atoms with Gasteiger partial charge >= 0.3 is 0 Å². The second-order valence-corrected chi connectivity index (χ2v) is 2.78. The van der Waals surface area contributed by atoms with Crippen LogP contribution in [0.1, 0.15) is 5.56 Å². The van der Waals surface area contributed by atoms with Crippen molar-refractivity contribution in [3.8, 4) is 5.75 Å². The van der Waals surface area contributed by atoms with Crippen LogP contribution in [-0.2, 0) is 0 Å². The molecule has 0 bridgehead atoms. The fraction of sp³-hybridized carbons (Fsp3) is 0.250. The molecule has 0 saturated carbocycles. The predicted octanol–water partition coefficient (Wildman–Crippen LogP) is 2.57. The summed E-state index contributed by atoms with van der Waals surface area (Å²) in [5.41, 5.74) is 1.09. The van der Waals surface area contributed by atoms with Gasteiger partial charge in [-0.05, 0) is 41.1 Å². The number of hydrogen-bond acceptors (Lipinski definition) is 1. The van der Waals surface area contributed by atoms with Gasteiger partial charge in [-0.25, -0.2) is 0 Å². The van der Waals surface area contributed by atoms with Crippen LogP contribution < -0.4 is 4.74 Å². The molecule has 1 aromatic carbocycles. The van der Waals surface area contributed by atoms with E-state index in [1.54, 1.807) is 7.11 Å². The summed E-state index contributed by atoms with van der Waals surface area (Å²) in [6.07, 6.45) is 0. The zero-order valence-corrected chi connectivity index (χ0v) is 7.53. The molecule has 53 valence electrons. The lowest BCUT2D eigenvalue weighted by Gasteiger charge is -2.03. The molecule has 10 heavy (non-hydrogen) atoms. The molecule has 1 rings (SSSR count). The Labute approximate surface area is 69.1 Å². The van der Waals surface area contributed by atoms with E-state index in [0.29, 0.717) is 0 Å². The Kier molecular flexibility index (Phi) is 2.33. The van der Waals surface area contributed by atoms with Crippen LogP contribution in [0.4, 0.5) is 0 Å². The first-order valence-corrected chi connectivity index (χ1v) is 3.76. The largest absolute Gasteiger partial charge is 0.496 e. The Hall–Kier alpha value is -0.500. The molecule has 0 aromatic heterocycles. The summed E-state index contributed by atoms with van der Waals surface area (Å²) in [4.78, 5) is 0. The molecule has 0 atom stereocenters. The lowest BCUT2D eigenvalue weighted by atomic mass is 10.2. The number of ether oxygens (including phenoxy) is 1. The van der Waals surface area contributed by atoms with Crippen molar-refractivity contribution in [2.75, 3.05) is 7.11 Å². The van der Waals surface area contributed by atoms with Crippen LogP contribution in [0.15, 0.2) is 16.6 Å². The minimum Gasteiger partial charge on any atom is -0.496 e. The minimum atomic E-state index is 0.894. The first-order chi connectivity index (χ1) is 4.75. The normalized spacial score (nSPS) is 9.50. The average molecular weight is 200 g/mol. The van der Waals surface area contributed by atoms with Gasteiger partial charge in [0.25, 0.3) is 0 Å². The quantitative estimate of drug-likeness (QED) is 0.676. The Morgan fingerprint density at radius 1 is 1.60 bits per heavy atom. The van der Waals surface area contributed by atoms with Crippen molar-refractivity contribution in [3.05, 3.63) is 28.2 Å². The maximum Gasteiger partial charge on any atom is 0.122 e. The van der Waals surface area contributed by atoms with Crippen molar-refractivity contribution in [2.45, 2.75) is 6.92 Å². The smallest absolute Gasteiger partial charge is 0.122 e. The van der Waals surface area contributed by atoms with Gasteiger partial charge in [0.2, 0.25) is 0 Å². The van der Waals surface area contributed by atoms with E-state index >= 15 is 0 Å². The summed E-state index contributed by atoms with van der Waals surface area (Å²) in [5.74, 6) is 0.894. The van der Waals surface area contributed by atoms with Crippen molar-refractivity contribution in [1.82, 2.24) is 0 Å². The predicted molar refractivity (Wildman–Crippen MR) is 44.3 cm³/mol. The van der Waals surface area contributed by atoms with E-state index < -0.39 is 0 Å². The fourth-order valence-electron chi connectivity index (χ4n) is 0.753. The Balaban J connectivity index is 3.14. The zero-order valence-electron chi connectivity index (χ0n) is 5.94. The highest BCUT2D eigenvalue weighted by molar-refractivity contribution is 9.10. The molecule has 0 unspecified atom stereocenters. The Morgan fingerprint density at radius 2 is 2.30 bits per heavy atom. The number of rotatable bonds is 1.